The molecule has 5 nitrogen and oxygen atoms in total. The summed E-state index contributed by atoms with van der Waals surface area (Å²) in [5.41, 5.74) is 5.47. The molecule has 1 rings (SSSR count). The summed E-state index contributed by atoms with van der Waals surface area (Å²) in [6.07, 6.45) is 5.08. The van der Waals surface area contributed by atoms with E-state index in [1.54, 1.807) is 7.11 Å². The number of nitrogens with zero attached hydrogens (tertiary/aromatic N) is 1. The van der Waals surface area contributed by atoms with Crippen molar-refractivity contribution in [3.05, 3.63) is 0 Å². The van der Waals surface area contributed by atoms with Crippen LogP contribution in [0.1, 0.15) is 38.5 Å². The molecule has 1 aliphatic carbocycles. The number of hydrogen-bond acceptors (Lipinski definition) is 4. The Hall–Kier alpha value is -0.240. The van der Waals surface area contributed by atoms with Crippen LogP contribution in [0.5, 0.6) is 0 Å². The van der Waals surface area contributed by atoms with Crippen LogP contribution < -0.4 is 5.73 Å². The maximum Gasteiger partial charge on any atom is 0.217 e. The van der Waals surface area contributed by atoms with Crippen LogP contribution in [-0.2, 0) is 14.8 Å². The average Bonchev–Trinajstić information content (AvgIpc) is 2.39. The molecule has 0 bridgehead atoms. The molecule has 1 aliphatic rings. The fraction of sp³-hybridized carbons (Fsp3) is 0.917. The van der Waals surface area contributed by atoms with E-state index in [0.717, 1.165) is 32.1 Å². The Morgan fingerprint density at radius 2 is 1.95 bits per heavy atom. The van der Waals surface area contributed by atoms with Crippen molar-refractivity contribution >= 4 is 27.2 Å². The number of nitrogens with two attached hydrogens (primary N) is 1. The minimum absolute atomic E-state index is 0.246. The lowest BCUT2D eigenvalue weighted by atomic mass is 10.0. The van der Waals surface area contributed by atoms with Crippen molar-refractivity contribution in [2.24, 2.45) is 5.73 Å². The van der Waals surface area contributed by atoms with Crippen molar-refractivity contribution in [1.29, 1.82) is 0 Å². The normalized spacial score (nSPS) is 17.8. The first-order valence-corrected chi connectivity index (χ1v) is 8.66. The first kappa shape index (κ1) is 16.8. The summed E-state index contributed by atoms with van der Waals surface area (Å²) in [6, 6.07) is 0. The van der Waals surface area contributed by atoms with Gasteiger partial charge in [0.1, 0.15) is 0 Å². The predicted octanol–water partition coefficient (Wildman–Crippen LogP) is 1.27. The van der Waals surface area contributed by atoms with Gasteiger partial charge in [-0.3, -0.25) is 0 Å². The van der Waals surface area contributed by atoms with E-state index in [0.29, 0.717) is 31.1 Å². The number of methoxy groups -OCH3 is 1. The van der Waals surface area contributed by atoms with Crippen molar-refractivity contribution in [1.82, 2.24) is 4.31 Å². The zero-order valence-electron chi connectivity index (χ0n) is 11.5. The third-order valence-electron chi connectivity index (χ3n) is 3.49. The van der Waals surface area contributed by atoms with Gasteiger partial charge < -0.3 is 10.5 Å². The monoisotopic (exact) mass is 308 g/mol. The van der Waals surface area contributed by atoms with E-state index in [1.807, 2.05) is 0 Å². The van der Waals surface area contributed by atoms with E-state index in [2.05, 4.69) is 0 Å². The molecular weight excluding hydrogens is 284 g/mol. The maximum atomic E-state index is 12.6. The molecular formula is C12H24N2O3S2. The molecule has 1 fully saturated rings. The van der Waals surface area contributed by atoms with E-state index in [1.165, 1.54) is 4.31 Å². The minimum Gasteiger partial charge on any atom is -0.393 e. The molecule has 19 heavy (non-hydrogen) atoms. The van der Waals surface area contributed by atoms with Crippen LogP contribution >= 0.6 is 12.2 Å². The number of sulfonamides is 1. The molecule has 112 valence electrons. The fourth-order valence-corrected chi connectivity index (χ4v) is 4.48. The number of ether oxygens (including phenoxy) is 1. The van der Waals surface area contributed by atoms with Gasteiger partial charge in [0.05, 0.1) is 16.8 Å². The summed E-state index contributed by atoms with van der Waals surface area (Å²) >= 11 is 4.83. The quantitative estimate of drug-likeness (QED) is 0.684. The van der Waals surface area contributed by atoms with Crippen molar-refractivity contribution < 1.29 is 13.2 Å². The predicted molar refractivity (Wildman–Crippen MR) is 80.6 cm³/mol. The first-order chi connectivity index (χ1) is 8.98. The topological polar surface area (TPSA) is 72.6 Å². The molecule has 0 radical (unpaired) electrons. The fourth-order valence-electron chi connectivity index (χ4n) is 2.37. The second-order valence-corrected chi connectivity index (χ2v) is 7.65. The maximum absolute atomic E-state index is 12.6. The average molecular weight is 308 g/mol. The van der Waals surface area contributed by atoms with Gasteiger partial charge in [-0.25, -0.2) is 8.42 Å². The highest BCUT2D eigenvalue weighted by atomic mass is 32.2. The van der Waals surface area contributed by atoms with Crippen LogP contribution in [0, 0.1) is 0 Å². The molecule has 0 heterocycles. The van der Waals surface area contributed by atoms with Gasteiger partial charge >= 0.3 is 0 Å². The standard InChI is InChI=1S/C12H24N2O3S2/c1-17-10-9-14(8-7-12(13)18)19(15,16)11-5-3-2-4-6-11/h11H,2-10H2,1H3,(H2,13,18). The van der Waals surface area contributed by atoms with Gasteiger partial charge in [-0.1, -0.05) is 31.5 Å². The van der Waals surface area contributed by atoms with Crippen LogP contribution in [0.4, 0.5) is 0 Å². The molecule has 0 atom stereocenters. The Morgan fingerprint density at radius 3 is 2.47 bits per heavy atom. The highest BCUT2D eigenvalue weighted by molar-refractivity contribution is 7.89. The van der Waals surface area contributed by atoms with Gasteiger partial charge in [-0.15, -0.1) is 0 Å². The van der Waals surface area contributed by atoms with E-state index in [-0.39, 0.29) is 5.25 Å². The number of hydrogen-bond donors (Lipinski definition) is 1. The van der Waals surface area contributed by atoms with Gasteiger partial charge in [-0.2, -0.15) is 4.31 Å². The second-order valence-electron chi connectivity index (χ2n) is 4.91. The van der Waals surface area contributed by atoms with Gasteiger partial charge in [0.15, 0.2) is 0 Å². The lowest BCUT2D eigenvalue weighted by Crippen LogP contribution is -2.42. The van der Waals surface area contributed by atoms with E-state index in [9.17, 15) is 8.42 Å². The summed E-state index contributed by atoms with van der Waals surface area (Å²) in [6.45, 7) is 1.12. The van der Waals surface area contributed by atoms with Crippen LogP contribution in [-0.4, -0.2) is 49.8 Å². The van der Waals surface area contributed by atoms with Crippen molar-refractivity contribution in [3.63, 3.8) is 0 Å². The molecule has 0 amide bonds. The van der Waals surface area contributed by atoms with E-state index in [4.69, 9.17) is 22.7 Å². The Morgan fingerprint density at radius 1 is 1.32 bits per heavy atom. The summed E-state index contributed by atoms with van der Waals surface area (Å²) in [4.78, 5) is 0.348. The third kappa shape index (κ3) is 5.33. The minimum atomic E-state index is -3.25. The molecule has 1 saturated carbocycles. The summed E-state index contributed by atoms with van der Waals surface area (Å²) in [5, 5.41) is -0.246. The van der Waals surface area contributed by atoms with Crippen LogP contribution in [0.3, 0.4) is 0 Å². The molecule has 7 heteroatoms. The molecule has 0 aromatic rings. The zero-order chi connectivity index (χ0) is 14.3. The van der Waals surface area contributed by atoms with E-state index < -0.39 is 10.0 Å². The first-order valence-electron chi connectivity index (χ1n) is 6.74. The van der Waals surface area contributed by atoms with Gasteiger partial charge in [0.25, 0.3) is 0 Å². The number of rotatable bonds is 8. The molecule has 0 spiro atoms. The largest absolute Gasteiger partial charge is 0.393 e. The Kier molecular flexibility index (Phi) is 7.20. The van der Waals surface area contributed by atoms with Crippen molar-refractivity contribution in [3.8, 4) is 0 Å². The summed E-state index contributed by atoms with van der Waals surface area (Å²) in [7, 11) is -1.69. The van der Waals surface area contributed by atoms with Crippen LogP contribution in [0.2, 0.25) is 0 Å². The highest BCUT2D eigenvalue weighted by Crippen LogP contribution is 2.26. The zero-order valence-corrected chi connectivity index (χ0v) is 13.1. The van der Waals surface area contributed by atoms with Crippen molar-refractivity contribution in [2.45, 2.75) is 43.8 Å². The van der Waals surface area contributed by atoms with Crippen LogP contribution in [0.25, 0.3) is 0 Å². The molecule has 0 aliphatic heterocycles. The van der Waals surface area contributed by atoms with Crippen molar-refractivity contribution in [2.75, 3.05) is 26.8 Å². The third-order valence-corrected chi connectivity index (χ3v) is 6.09. The Balaban J connectivity index is 2.71. The lowest BCUT2D eigenvalue weighted by molar-refractivity contribution is 0.179. The molecule has 0 aromatic heterocycles. The molecule has 0 saturated heterocycles. The lowest BCUT2D eigenvalue weighted by Gasteiger charge is -2.29. The number of thiocarbonyl (C=S) groups is 1. The SMILES string of the molecule is COCCN(CCC(N)=S)S(=O)(=O)C1CCCCC1. The smallest absolute Gasteiger partial charge is 0.217 e. The summed E-state index contributed by atoms with van der Waals surface area (Å²) in [5.74, 6) is 0. The molecule has 0 unspecified atom stereocenters. The van der Waals surface area contributed by atoms with Gasteiger partial charge in [0, 0.05) is 26.6 Å². The van der Waals surface area contributed by atoms with E-state index >= 15 is 0 Å². The molecule has 0 aromatic carbocycles. The Bertz CT molecular complexity index is 378. The molecule has 2 N–H and O–H groups in total. The highest BCUT2D eigenvalue weighted by Gasteiger charge is 2.32. The van der Waals surface area contributed by atoms with Crippen LogP contribution in [0.15, 0.2) is 0 Å². The Labute approximate surface area is 121 Å². The van der Waals surface area contributed by atoms with Gasteiger partial charge in [-0.05, 0) is 12.8 Å². The summed E-state index contributed by atoms with van der Waals surface area (Å²) < 4.78 is 31.7. The van der Waals surface area contributed by atoms with Gasteiger partial charge in [0.2, 0.25) is 10.0 Å². The second kappa shape index (κ2) is 8.14.